The van der Waals surface area contributed by atoms with Crippen molar-refractivity contribution in [3.8, 4) is 5.75 Å². The van der Waals surface area contributed by atoms with Gasteiger partial charge in [0, 0.05) is 16.5 Å². The molecule has 6 nitrogen and oxygen atoms in total. The normalized spacial score (nSPS) is 11.6. The van der Waals surface area contributed by atoms with Crippen molar-refractivity contribution >= 4 is 50.5 Å². The van der Waals surface area contributed by atoms with Gasteiger partial charge >= 0.3 is 5.97 Å². The van der Waals surface area contributed by atoms with E-state index < -0.39 is 5.97 Å². The monoisotopic (exact) mass is 523 g/mol. The zero-order chi connectivity index (χ0) is 23.2. The van der Waals surface area contributed by atoms with Gasteiger partial charge in [0.2, 0.25) is 5.16 Å². The van der Waals surface area contributed by atoms with E-state index in [1.165, 1.54) is 0 Å². The number of rotatable bonds is 9. The van der Waals surface area contributed by atoms with Crippen LogP contribution in [0.15, 0.2) is 75.2 Å². The highest BCUT2D eigenvalue weighted by Crippen LogP contribution is 2.34. The molecule has 0 saturated heterocycles. The van der Waals surface area contributed by atoms with Gasteiger partial charge in [-0.25, -0.2) is 9.78 Å². The molecule has 3 aromatic carbocycles. The third-order valence-electron chi connectivity index (χ3n) is 4.92. The van der Waals surface area contributed by atoms with Gasteiger partial charge in [0.05, 0.1) is 0 Å². The summed E-state index contributed by atoms with van der Waals surface area (Å²) in [5.74, 6) is 0.305. The summed E-state index contributed by atoms with van der Waals surface area (Å²) < 4.78 is 7.14. The fourth-order valence-electron chi connectivity index (χ4n) is 3.33. The minimum absolute atomic E-state index is 0.113. The largest absolute Gasteiger partial charge is 0.488 e. The smallest absolute Gasteiger partial charge is 0.342 e. The number of hydrogen-bond acceptors (Lipinski definition) is 5. The molecule has 8 heteroatoms. The van der Waals surface area contributed by atoms with Gasteiger partial charge in [-0.05, 0) is 58.8 Å². The number of ether oxygens (including phenoxy) is 1. The molecule has 0 bridgehead atoms. The molecule has 0 spiro atoms. The first-order valence-electron chi connectivity index (χ1n) is 10.5. The van der Waals surface area contributed by atoms with Crippen LogP contribution in [0, 0.1) is 0 Å². The van der Waals surface area contributed by atoms with Crippen molar-refractivity contribution in [3.05, 3.63) is 87.0 Å². The molecule has 0 radical (unpaired) electrons. The lowest BCUT2D eigenvalue weighted by Crippen LogP contribution is -2.00. The number of carbonyl (C=O) groups is 1. The van der Waals surface area contributed by atoms with E-state index in [1.54, 1.807) is 6.08 Å². The number of aliphatic carboxylic acids is 1. The third kappa shape index (κ3) is 5.83. The van der Waals surface area contributed by atoms with Crippen molar-refractivity contribution in [2.75, 3.05) is 0 Å². The number of fused-ring (bicyclic) bond motifs is 1. The molecule has 0 atom stereocenters. The van der Waals surface area contributed by atoms with Crippen LogP contribution >= 0.6 is 27.7 Å². The predicted molar refractivity (Wildman–Crippen MR) is 134 cm³/mol. The van der Waals surface area contributed by atoms with E-state index >= 15 is 0 Å². The van der Waals surface area contributed by atoms with Crippen LogP contribution in [0.5, 0.6) is 5.75 Å². The molecule has 168 valence electrons. The quantitative estimate of drug-likeness (QED) is 0.193. The second-order valence-electron chi connectivity index (χ2n) is 7.34. The van der Waals surface area contributed by atoms with Crippen molar-refractivity contribution in [3.63, 3.8) is 0 Å². The zero-order valence-electron chi connectivity index (χ0n) is 17.9. The molecular weight excluding hydrogens is 502 g/mol. The number of halogens is 1. The number of benzene rings is 3. The number of hydrogen-bond donors (Lipinski definition) is 2. The van der Waals surface area contributed by atoms with Crippen molar-refractivity contribution in [1.82, 2.24) is 15.2 Å². The first kappa shape index (κ1) is 23.1. The summed E-state index contributed by atoms with van der Waals surface area (Å²) in [6.45, 7) is 2.41. The lowest BCUT2D eigenvalue weighted by molar-refractivity contribution is -0.131. The highest BCUT2D eigenvalue weighted by atomic mass is 79.9. The summed E-state index contributed by atoms with van der Waals surface area (Å²) in [5, 5.41) is 19.2. The third-order valence-corrected chi connectivity index (χ3v) is 6.33. The molecule has 0 saturated carbocycles. The van der Waals surface area contributed by atoms with E-state index in [9.17, 15) is 9.90 Å². The molecule has 0 amide bonds. The summed E-state index contributed by atoms with van der Waals surface area (Å²) >= 11 is 4.46. The van der Waals surface area contributed by atoms with Crippen LogP contribution in [0.2, 0.25) is 0 Å². The van der Waals surface area contributed by atoms with Crippen LogP contribution in [-0.4, -0.2) is 26.3 Å². The highest BCUT2D eigenvalue weighted by Gasteiger charge is 2.16. The lowest BCUT2D eigenvalue weighted by atomic mass is 10.0. The van der Waals surface area contributed by atoms with E-state index in [4.69, 9.17) is 4.74 Å². The second kappa shape index (κ2) is 10.7. The molecule has 4 rings (SSSR count). The molecule has 1 heterocycles. The summed E-state index contributed by atoms with van der Waals surface area (Å²) in [6.07, 6.45) is 3.33. The summed E-state index contributed by atoms with van der Waals surface area (Å²) in [7, 11) is 0. The molecule has 0 aliphatic heterocycles. The Hall–Kier alpha value is -3.10. The van der Waals surface area contributed by atoms with Crippen LogP contribution in [-0.2, 0) is 17.8 Å². The molecular formula is C25H22BrN3O3S. The SMILES string of the molecule is CCCc1nc(S/C(=C\c2c(OCc3ccc(Br)cc3)ccc3ccccc23)C(=O)O)n[nH]1. The van der Waals surface area contributed by atoms with Crippen LogP contribution < -0.4 is 4.74 Å². The summed E-state index contributed by atoms with van der Waals surface area (Å²) in [5.41, 5.74) is 1.72. The van der Waals surface area contributed by atoms with Gasteiger partial charge in [-0.3, -0.25) is 5.10 Å². The number of carboxylic acids is 1. The van der Waals surface area contributed by atoms with Gasteiger partial charge in [-0.1, -0.05) is 65.3 Å². The minimum Gasteiger partial charge on any atom is -0.488 e. The fraction of sp³-hybridized carbons (Fsp3) is 0.160. The fourth-order valence-corrected chi connectivity index (χ4v) is 4.30. The number of thioether (sulfide) groups is 1. The number of aromatic amines is 1. The maximum atomic E-state index is 12.1. The Morgan fingerprint density at radius 1 is 1.15 bits per heavy atom. The van der Waals surface area contributed by atoms with Crippen molar-refractivity contribution in [1.29, 1.82) is 0 Å². The number of nitrogens with zero attached hydrogens (tertiary/aromatic N) is 2. The van der Waals surface area contributed by atoms with Gasteiger partial charge in [0.25, 0.3) is 0 Å². The van der Waals surface area contributed by atoms with Crippen LogP contribution in [0.3, 0.4) is 0 Å². The standard InChI is InChI=1S/C25H22BrN3O3S/c1-2-5-23-27-25(29-28-23)33-22(24(30)31)14-20-19-7-4-3-6-17(19)10-13-21(20)32-15-16-8-11-18(26)12-9-16/h3-4,6-14H,2,5,15H2,1H3,(H,30,31)(H,27,28,29)/b22-14-. The summed E-state index contributed by atoms with van der Waals surface area (Å²) in [4.78, 5) is 16.6. The molecule has 0 fully saturated rings. The van der Waals surface area contributed by atoms with Gasteiger partial charge in [0.1, 0.15) is 23.1 Å². The van der Waals surface area contributed by atoms with Crippen LogP contribution in [0.1, 0.15) is 30.3 Å². The summed E-state index contributed by atoms with van der Waals surface area (Å²) in [6, 6.07) is 19.6. The molecule has 0 unspecified atom stereocenters. The van der Waals surface area contributed by atoms with E-state index in [2.05, 4.69) is 31.1 Å². The molecule has 0 aliphatic carbocycles. The number of nitrogens with one attached hydrogen (secondary N) is 1. The molecule has 2 N–H and O–H groups in total. The Bertz CT molecular complexity index is 1300. The van der Waals surface area contributed by atoms with Crippen LogP contribution in [0.4, 0.5) is 0 Å². The number of aromatic nitrogens is 3. The maximum Gasteiger partial charge on any atom is 0.342 e. The number of H-pyrrole nitrogens is 1. The lowest BCUT2D eigenvalue weighted by Gasteiger charge is -2.13. The van der Waals surface area contributed by atoms with Crippen LogP contribution in [0.25, 0.3) is 16.8 Å². The van der Waals surface area contributed by atoms with Gasteiger partial charge < -0.3 is 9.84 Å². The van der Waals surface area contributed by atoms with Gasteiger partial charge in [-0.2, -0.15) is 0 Å². The van der Waals surface area contributed by atoms with Crippen molar-refractivity contribution in [2.45, 2.75) is 31.5 Å². The maximum absolute atomic E-state index is 12.1. The van der Waals surface area contributed by atoms with Crippen molar-refractivity contribution < 1.29 is 14.6 Å². The first-order chi connectivity index (χ1) is 16.0. The average Bonchev–Trinajstić information content (AvgIpc) is 3.26. The average molecular weight is 524 g/mol. The Labute approximate surface area is 204 Å². The molecule has 33 heavy (non-hydrogen) atoms. The second-order valence-corrected chi connectivity index (χ2v) is 9.27. The molecule has 0 aliphatic rings. The Morgan fingerprint density at radius 3 is 2.70 bits per heavy atom. The Kier molecular flexibility index (Phi) is 7.47. The predicted octanol–water partition coefficient (Wildman–Crippen LogP) is 6.47. The first-order valence-corrected chi connectivity index (χ1v) is 12.1. The van der Waals surface area contributed by atoms with Crippen molar-refractivity contribution in [2.24, 2.45) is 0 Å². The molecule has 1 aromatic heterocycles. The highest BCUT2D eigenvalue weighted by molar-refractivity contribution is 9.10. The van der Waals surface area contributed by atoms with E-state index in [1.807, 2.05) is 67.6 Å². The zero-order valence-corrected chi connectivity index (χ0v) is 20.3. The number of carboxylic acid groups (broad SMARTS) is 1. The van der Waals surface area contributed by atoms with E-state index in [0.717, 1.165) is 51.2 Å². The van der Waals surface area contributed by atoms with E-state index in [0.29, 0.717) is 23.1 Å². The Balaban J connectivity index is 1.70. The topological polar surface area (TPSA) is 88.1 Å². The Morgan fingerprint density at radius 2 is 1.94 bits per heavy atom. The van der Waals surface area contributed by atoms with Gasteiger partial charge in [0.15, 0.2) is 0 Å². The van der Waals surface area contributed by atoms with Gasteiger partial charge in [-0.15, -0.1) is 5.10 Å². The van der Waals surface area contributed by atoms with E-state index in [-0.39, 0.29) is 4.91 Å². The minimum atomic E-state index is -1.05. The number of aryl methyl sites for hydroxylation is 1. The molecule has 4 aromatic rings.